The molecule has 21 heavy (non-hydrogen) atoms. The van der Waals surface area contributed by atoms with Crippen LogP contribution in [-0.2, 0) is 0 Å². The average Bonchev–Trinajstić information content (AvgIpc) is 2.54. The zero-order chi connectivity index (χ0) is 15.2. The highest BCUT2D eigenvalue weighted by Gasteiger charge is 2.22. The van der Waals surface area contributed by atoms with Crippen molar-refractivity contribution >= 4 is 11.6 Å². The lowest BCUT2D eigenvalue weighted by molar-refractivity contribution is 0.0958. The molecule has 5 nitrogen and oxygen atoms in total. The normalized spacial score (nSPS) is 16.3. The minimum Gasteiger partial charge on any atom is -0.370 e. The van der Waals surface area contributed by atoms with Crippen LogP contribution in [-0.4, -0.2) is 55.6 Å². The second-order valence-electron chi connectivity index (χ2n) is 5.68. The second kappa shape index (κ2) is 7.41. The highest BCUT2D eigenvalue weighted by atomic mass is 16.1. The van der Waals surface area contributed by atoms with Gasteiger partial charge in [0.1, 0.15) is 5.69 Å². The number of carbonyl (C=O) groups excluding carboxylic acids is 1. The third-order valence-electron chi connectivity index (χ3n) is 4.24. The fourth-order valence-electron chi connectivity index (χ4n) is 2.94. The zero-order valence-electron chi connectivity index (χ0n) is 13.3. The Balaban J connectivity index is 1.91. The fraction of sp³-hybridized carbons (Fsp3) is 0.625. The van der Waals surface area contributed by atoms with E-state index in [9.17, 15) is 4.79 Å². The van der Waals surface area contributed by atoms with Crippen LogP contribution in [0.3, 0.4) is 0 Å². The van der Waals surface area contributed by atoms with E-state index >= 15 is 0 Å². The van der Waals surface area contributed by atoms with Gasteiger partial charge < -0.3 is 15.1 Å². The first kappa shape index (κ1) is 15.8. The van der Waals surface area contributed by atoms with Gasteiger partial charge in [0, 0.05) is 26.2 Å². The molecule has 1 N–H and O–H groups in total. The monoisotopic (exact) mass is 290 g/mol. The van der Waals surface area contributed by atoms with Crippen LogP contribution in [0.25, 0.3) is 0 Å². The van der Waals surface area contributed by atoms with Crippen LogP contribution >= 0.6 is 0 Å². The van der Waals surface area contributed by atoms with E-state index in [0.29, 0.717) is 11.7 Å². The summed E-state index contributed by atoms with van der Waals surface area (Å²) < 4.78 is 0. The minimum absolute atomic E-state index is 0.138. The molecule has 5 heteroatoms. The van der Waals surface area contributed by atoms with Gasteiger partial charge >= 0.3 is 0 Å². The number of hydrogen-bond acceptors (Lipinski definition) is 4. The van der Waals surface area contributed by atoms with E-state index in [2.05, 4.69) is 34.1 Å². The number of piperidine rings is 1. The molecule has 1 amide bonds. The topological polar surface area (TPSA) is 48.5 Å². The SMILES string of the molecule is CCCN(C)C1CCN(c2ccc(C(=O)NC)nc2)CC1. The number of nitrogens with one attached hydrogen (secondary N) is 1. The highest BCUT2D eigenvalue weighted by Crippen LogP contribution is 2.21. The first-order chi connectivity index (χ1) is 10.2. The smallest absolute Gasteiger partial charge is 0.269 e. The van der Waals surface area contributed by atoms with Crippen molar-refractivity contribution < 1.29 is 4.79 Å². The van der Waals surface area contributed by atoms with E-state index in [0.717, 1.165) is 18.8 Å². The van der Waals surface area contributed by atoms with Crippen LogP contribution in [0.15, 0.2) is 18.3 Å². The molecule has 1 fully saturated rings. The van der Waals surface area contributed by atoms with E-state index < -0.39 is 0 Å². The van der Waals surface area contributed by atoms with Crippen LogP contribution in [0.2, 0.25) is 0 Å². The molecule has 1 saturated heterocycles. The van der Waals surface area contributed by atoms with E-state index in [1.54, 1.807) is 19.3 Å². The van der Waals surface area contributed by atoms with Gasteiger partial charge in [0.15, 0.2) is 0 Å². The molecule has 0 unspecified atom stereocenters. The lowest BCUT2D eigenvalue weighted by atomic mass is 10.0. The van der Waals surface area contributed by atoms with Gasteiger partial charge in [0.05, 0.1) is 11.9 Å². The Bertz CT molecular complexity index is 452. The largest absolute Gasteiger partial charge is 0.370 e. The lowest BCUT2D eigenvalue weighted by Gasteiger charge is -2.37. The van der Waals surface area contributed by atoms with Crippen molar-refractivity contribution in [3.63, 3.8) is 0 Å². The number of carbonyl (C=O) groups is 1. The quantitative estimate of drug-likeness (QED) is 0.897. The summed E-state index contributed by atoms with van der Waals surface area (Å²) in [6.07, 6.45) is 5.39. The number of aromatic nitrogens is 1. The predicted molar refractivity (Wildman–Crippen MR) is 85.8 cm³/mol. The summed E-state index contributed by atoms with van der Waals surface area (Å²) in [6.45, 7) is 5.51. The van der Waals surface area contributed by atoms with Crippen LogP contribution in [0.1, 0.15) is 36.7 Å². The molecule has 0 spiro atoms. The van der Waals surface area contributed by atoms with E-state index in [-0.39, 0.29) is 5.91 Å². The number of hydrogen-bond donors (Lipinski definition) is 1. The van der Waals surface area contributed by atoms with Gasteiger partial charge in [-0.05, 0) is 45.0 Å². The Kier molecular flexibility index (Phi) is 5.56. The first-order valence-corrected chi connectivity index (χ1v) is 7.79. The maximum atomic E-state index is 11.5. The summed E-state index contributed by atoms with van der Waals surface area (Å²) in [5.74, 6) is -0.138. The summed E-state index contributed by atoms with van der Waals surface area (Å²) >= 11 is 0. The molecule has 0 atom stereocenters. The zero-order valence-corrected chi connectivity index (χ0v) is 13.3. The number of nitrogens with zero attached hydrogens (tertiary/aromatic N) is 3. The summed E-state index contributed by atoms with van der Waals surface area (Å²) in [5, 5.41) is 2.59. The standard InChI is InChI=1S/C16H26N4O/c1-4-9-19(3)13-7-10-20(11-8-13)14-5-6-15(18-12-14)16(21)17-2/h5-6,12-13H,4,7-11H2,1-3H3,(H,17,21). The molecular weight excluding hydrogens is 264 g/mol. The summed E-state index contributed by atoms with van der Waals surface area (Å²) in [6, 6.07) is 4.48. The van der Waals surface area contributed by atoms with Gasteiger partial charge in [-0.15, -0.1) is 0 Å². The maximum Gasteiger partial charge on any atom is 0.269 e. The van der Waals surface area contributed by atoms with Gasteiger partial charge in [-0.3, -0.25) is 4.79 Å². The highest BCUT2D eigenvalue weighted by molar-refractivity contribution is 5.92. The number of anilines is 1. The Hall–Kier alpha value is -1.62. The molecule has 1 aliphatic heterocycles. The van der Waals surface area contributed by atoms with Crippen LogP contribution < -0.4 is 10.2 Å². The Labute approximate surface area is 127 Å². The van der Waals surface area contributed by atoms with Crippen molar-refractivity contribution in [2.45, 2.75) is 32.2 Å². The summed E-state index contributed by atoms with van der Waals surface area (Å²) in [7, 11) is 3.85. The van der Waals surface area contributed by atoms with Gasteiger partial charge in [0.25, 0.3) is 5.91 Å². The molecule has 0 aliphatic carbocycles. The van der Waals surface area contributed by atoms with Crippen molar-refractivity contribution in [1.29, 1.82) is 0 Å². The van der Waals surface area contributed by atoms with E-state index in [1.165, 1.54) is 25.8 Å². The molecular formula is C16H26N4O. The van der Waals surface area contributed by atoms with Crippen LogP contribution in [0.4, 0.5) is 5.69 Å². The van der Waals surface area contributed by atoms with Crippen LogP contribution in [0.5, 0.6) is 0 Å². The molecule has 1 aromatic rings. The van der Waals surface area contributed by atoms with Crippen molar-refractivity contribution in [1.82, 2.24) is 15.2 Å². The molecule has 2 rings (SSSR count). The molecule has 0 saturated carbocycles. The number of amides is 1. The summed E-state index contributed by atoms with van der Waals surface area (Å²) in [5.41, 5.74) is 1.58. The Morgan fingerprint density at radius 1 is 1.43 bits per heavy atom. The Morgan fingerprint density at radius 2 is 2.14 bits per heavy atom. The molecule has 0 bridgehead atoms. The molecule has 2 heterocycles. The third kappa shape index (κ3) is 3.94. The van der Waals surface area contributed by atoms with Gasteiger partial charge in [0.2, 0.25) is 0 Å². The Morgan fingerprint density at radius 3 is 2.67 bits per heavy atom. The minimum atomic E-state index is -0.138. The van der Waals surface area contributed by atoms with Gasteiger partial charge in [-0.25, -0.2) is 4.98 Å². The van der Waals surface area contributed by atoms with Crippen molar-refractivity contribution in [3.8, 4) is 0 Å². The van der Waals surface area contributed by atoms with E-state index in [4.69, 9.17) is 0 Å². The second-order valence-corrected chi connectivity index (χ2v) is 5.68. The number of rotatable bonds is 5. The molecule has 0 radical (unpaired) electrons. The van der Waals surface area contributed by atoms with Gasteiger partial charge in [-0.2, -0.15) is 0 Å². The third-order valence-corrected chi connectivity index (χ3v) is 4.24. The van der Waals surface area contributed by atoms with Crippen molar-refractivity contribution in [2.24, 2.45) is 0 Å². The molecule has 1 aliphatic rings. The lowest BCUT2D eigenvalue weighted by Crippen LogP contribution is -2.43. The number of pyridine rings is 1. The first-order valence-electron chi connectivity index (χ1n) is 7.79. The van der Waals surface area contributed by atoms with Gasteiger partial charge in [-0.1, -0.05) is 6.92 Å². The molecule has 0 aromatic carbocycles. The molecule has 116 valence electrons. The summed E-state index contributed by atoms with van der Waals surface area (Å²) in [4.78, 5) is 20.6. The van der Waals surface area contributed by atoms with Crippen molar-refractivity contribution in [3.05, 3.63) is 24.0 Å². The fourth-order valence-corrected chi connectivity index (χ4v) is 2.94. The average molecular weight is 290 g/mol. The van der Waals surface area contributed by atoms with Crippen LogP contribution in [0, 0.1) is 0 Å². The predicted octanol–water partition coefficient (Wildman–Crippen LogP) is 1.75. The maximum absolute atomic E-state index is 11.5. The molecule has 1 aromatic heterocycles. The van der Waals surface area contributed by atoms with Crippen molar-refractivity contribution in [2.75, 3.05) is 38.6 Å². The van der Waals surface area contributed by atoms with E-state index in [1.807, 2.05) is 6.07 Å².